The predicted octanol–water partition coefficient (Wildman–Crippen LogP) is 3.10. The van der Waals surface area contributed by atoms with Gasteiger partial charge in [-0.1, -0.05) is 25.0 Å². The number of aromatic nitrogens is 3. The molecule has 128 valence electrons. The average molecular weight is 336 g/mol. The lowest BCUT2D eigenvalue weighted by Gasteiger charge is -2.16. The highest BCUT2D eigenvalue weighted by Crippen LogP contribution is 2.35. The molecule has 6 heteroatoms. The third-order valence-corrected chi connectivity index (χ3v) is 4.86. The Balaban J connectivity index is 1.73. The summed E-state index contributed by atoms with van der Waals surface area (Å²) in [6.07, 6.45) is 6.14. The molecular weight excluding hydrogens is 316 g/mol. The van der Waals surface area contributed by atoms with Crippen molar-refractivity contribution in [1.29, 1.82) is 0 Å². The number of rotatable bonds is 3. The number of benzene rings is 1. The first kappa shape index (κ1) is 15.6. The van der Waals surface area contributed by atoms with Crippen LogP contribution < -0.4 is 10.9 Å². The third-order valence-electron chi connectivity index (χ3n) is 4.86. The van der Waals surface area contributed by atoms with Crippen LogP contribution in [0.2, 0.25) is 0 Å². The molecule has 1 N–H and O–H groups in total. The van der Waals surface area contributed by atoms with Crippen molar-refractivity contribution in [3.05, 3.63) is 58.5 Å². The first-order valence-electron chi connectivity index (χ1n) is 8.58. The molecule has 3 aromatic rings. The van der Waals surface area contributed by atoms with Gasteiger partial charge in [-0.2, -0.15) is 0 Å². The number of carbonyl (C=O) groups is 1. The fourth-order valence-corrected chi connectivity index (χ4v) is 3.57. The van der Waals surface area contributed by atoms with Crippen LogP contribution in [-0.4, -0.2) is 20.0 Å². The summed E-state index contributed by atoms with van der Waals surface area (Å²) in [4.78, 5) is 28.8. The van der Waals surface area contributed by atoms with Gasteiger partial charge in [0.25, 0.3) is 5.91 Å². The van der Waals surface area contributed by atoms with E-state index < -0.39 is 0 Å². The fraction of sp³-hybridized carbons (Fsp3) is 0.316. The second kappa shape index (κ2) is 6.20. The zero-order valence-electron chi connectivity index (χ0n) is 14.1. The van der Waals surface area contributed by atoms with Crippen molar-refractivity contribution in [1.82, 2.24) is 14.1 Å². The van der Waals surface area contributed by atoms with E-state index in [2.05, 4.69) is 14.9 Å². The van der Waals surface area contributed by atoms with Crippen LogP contribution >= 0.6 is 0 Å². The Morgan fingerprint density at radius 3 is 2.68 bits per heavy atom. The van der Waals surface area contributed by atoms with Gasteiger partial charge >= 0.3 is 0 Å². The van der Waals surface area contributed by atoms with Crippen molar-refractivity contribution in [2.75, 3.05) is 5.32 Å². The Morgan fingerprint density at radius 1 is 1.16 bits per heavy atom. The fourth-order valence-electron chi connectivity index (χ4n) is 3.57. The van der Waals surface area contributed by atoms with Gasteiger partial charge in [-0.15, -0.1) is 0 Å². The molecule has 25 heavy (non-hydrogen) atoms. The molecular formula is C19H20N4O2. The summed E-state index contributed by atoms with van der Waals surface area (Å²) in [6, 6.07) is 11.3. The molecule has 1 fully saturated rings. The summed E-state index contributed by atoms with van der Waals surface area (Å²) in [5.74, 6) is 0.317. The smallest absolute Gasteiger partial charge is 0.259 e. The first-order valence-corrected chi connectivity index (χ1v) is 8.58. The third kappa shape index (κ3) is 2.84. The van der Waals surface area contributed by atoms with Crippen LogP contribution in [0.1, 0.15) is 42.1 Å². The molecule has 6 nitrogen and oxygen atoms in total. The molecule has 1 aliphatic carbocycles. The van der Waals surface area contributed by atoms with Crippen molar-refractivity contribution in [3.63, 3.8) is 0 Å². The minimum Gasteiger partial charge on any atom is -0.318 e. The Labute approximate surface area is 145 Å². The predicted molar refractivity (Wildman–Crippen MR) is 96.9 cm³/mol. The molecule has 0 aliphatic heterocycles. The lowest BCUT2D eigenvalue weighted by molar-refractivity contribution is 0.102. The van der Waals surface area contributed by atoms with Crippen molar-refractivity contribution < 1.29 is 4.79 Å². The Hall–Kier alpha value is -2.89. The van der Waals surface area contributed by atoms with Crippen molar-refractivity contribution >= 4 is 22.9 Å². The average Bonchev–Trinajstić information content (AvgIpc) is 3.24. The minimum atomic E-state index is -0.259. The summed E-state index contributed by atoms with van der Waals surface area (Å²) >= 11 is 0. The molecule has 0 saturated heterocycles. The van der Waals surface area contributed by atoms with Crippen molar-refractivity contribution in [2.45, 2.75) is 31.7 Å². The Bertz CT molecular complexity index is 996. The lowest BCUT2D eigenvalue weighted by Crippen LogP contribution is -2.21. The normalized spacial score (nSPS) is 14.9. The van der Waals surface area contributed by atoms with Gasteiger partial charge in [0, 0.05) is 25.4 Å². The largest absolute Gasteiger partial charge is 0.318 e. The molecule has 0 bridgehead atoms. The van der Waals surface area contributed by atoms with Crippen molar-refractivity contribution in [2.24, 2.45) is 7.05 Å². The molecule has 2 heterocycles. The summed E-state index contributed by atoms with van der Waals surface area (Å²) in [6.45, 7) is 0. The molecule has 0 radical (unpaired) electrons. The van der Waals surface area contributed by atoms with E-state index in [9.17, 15) is 9.59 Å². The Kier molecular flexibility index (Phi) is 3.87. The summed E-state index contributed by atoms with van der Waals surface area (Å²) < 4.78 is 3.55. The van der Waals surface area contributed by atoms with E-state index in [1.54, 1.807) is 19.3 Å². The van der Waals surface area contributed by atoms with E-state index in [4.69, 9.17) is 0 Å². The number of carbonyl (C=O) groups excluding carboxylic acids is 1. The number of nitrogens with one attached hydrogen (secondary N) is 1. The maximum Gasteiger partial charge on any atom is 0.259 e. The van der Waals surface area contributed by atoms with E-state index in [1.807, 2.05) is 24.3 Å². The van der Waals surface area contributed by atoms with Crippen LogP contribution in [0.15, 0.2) is 47.4 Å². The molecule has 4 rings (SSSR count). The SMILES string of the molecule is Cn1cc(C(=O)Nc2nc3ccccc3n2C2CCCC2)ccc1=O. The second-order valence-electron chi connectivity index (χ2n) is 6.55. The molecule has 0 spiro atoms. The van der Waals surface area contributed by atoms with Gasteiger partial charge in [-0.05, 0) is 31.0 Å². The Morgan fingerprint density at radius 2 is 1.92 bits per heavy atom. The molecule has 1 amide bonds. The molecule has 1 aliphatic rings. The summed E-state index contributed by atoms with van der Waals surface area (Å²) in [5, 5.41) is 2.94. The summed E-state index contributed by atoms with van der Waals surface area (Å²) in [7, 11) is 1.63. The van der Waals surface area contributed by atoms with Gasteiger partial charge < -0.3 is 9.13 Å². The number of nitrogens with zero attached hydrogens (tertiary/aromatic N) is 3. The van der Waals surface area contributed by atoms with Crippen LogP contribution in [0.3, 0.4) is 0 Å². The number of imidazole rings is 1. The number of fused-ring (bicyclic) bond motifs is 1. The highest BCUT2D eigenvalue weighted by atomic mass is 16.2. The van der Waals surface area contributed by atoms with Gasteiger partial charge in [0.2, 0.25) is 11.5 Å². The van der Waals surface area contributed by atoms with E-state index in [0.717, 1.165) is 23.9 Å². The quantitative estimate of drug-likeness (QED) is 0.799. The lowest BCUT2D eigenvalue weighted by atomic mass is 10.2. The number of amides is 1. The zero-order valence-corrected chi connectivity index (χ0v) is 14.1. The number of anilines is 1. The highest BCUT2D eigenvalue weighted by molar-refractivity contribution is 6.03. The van der Waals surface area contributed by atoms with Gasteiger partial charge in [0.1, 0.15) is 0 Å². The van der Waals surface area contributed by atoms with E-state index >= 15 is 0 Å². The molecule has 0 unspecified atom stereocenters. The number of para-hydroxylation sites is 2. The van der Waals surface area contributed by atoms with Gasteiger partial charge in [0.05, 0.1) is 16.6 Å². The summed E-state index contributed by atoms with van der Waals surface area (Å²) in [5.41, 5.74) is 2.22. The molecule has 0 atom stereocenters. The monoisotopic (exact) mass is 336 g/mol. The van der Waals surface area contributed by atoms with E-state index in [0.29, 0.717) is 17.6 Å². The van der Waals surface area contributed by atoms with Crippen molar-refractivity contribution in [3.8, 4) is 0 Å². The van der Waals surface area contributed by atoms with Gasteiger partial charge in [-0.3, -0.25) is 14.9 Å². The van der Waals surface area contributed by atoms with Gasteiger partial charge in [-0.25, -0.2) is 4.98 Å². The number of hydrogen-bond donors (Lipinski definition) is 1. The number of hydrogen-bond acceptors (Lipinski definition) is 3. The first-order chi connectivity index (χ1) is 12.1. The van der Waals surface area contributed by atoms with E-state index in [1.165, 1.54) is 23.5 Å². The molecule has 1 aromatic carbocycles. The molecule has 1 saturated carbocycles. The number of aryl methyl sites for hydroxylation is 1. The zero-order chi connectivity index (χ0) is 17.4. The molecule has 2 aromatic heterocycles. The maximum atomic E-state index is 12.6. The standard InChI is InChI=1S/C19H20N4O2/c1-22-12-13(10-11-17(22)24)18(25)21-19-20-15-8-4-5-9-16(15)23(19)14-6-2-3-7-14/h4-5,8-12,14H,2-3,6-7H2,1H3,(H,20,21,25). The van der Waals surface area contributed by atoms with Crippen LogP contribution in [0.4, 0.5) is 5.95 Å². The van der Waals surface area contributed by atoms with Gasteiger partial charge in [0.15, 0.2) is 0 Å². The topological polar surface area (TPSA) is 68.9 Å². The maximum absolute atomic E-state index is 12.6. The number of pyridine rings is 1. The van der Waals surface area contributed by atoms with Crippen LogP contribution in [0.5, 0.6) is 0 Å². The highest BCUT2D eigenvalue weighted by Gasteiger charge is 2.23. The van der Waals surface area contributed by atoms with Crippen LogP contribution in [0, 0.1) is 0 Å². The second-order valence-corrected chi connectivity index (χ2v) is 6.55. The minimum absolute atomic E-state index is 0.144. The van der Waals surface area contributed by atoms with Crippen LogP contribution in [0.25, 0.3) is 11.0 Å². The van der Waals surface area contributed by atoms with E-state index in [-0.39, 0.29) is 11.5 Å². The van der Waals surface area contributed by atoms with Crippen LogP contribution in [-0.2, 0) is 7.05 Å².